The van der Waals surface area contributed by atoms with Crippen LogP contribution in [0.3, 0.4) is 0 Å². The van der Waals surface area contributed by atoms with Gasteiger partial charge in [-0.1, -0.05) is 0 Å². The molecule has 1 aromatic rings. The van der Waals surface area contributed by atoms with E-state index in [9.17, 15) is 9.18 Å². The van der Waals surface area contributed by atoms with Crippen molar-refractivity contribution >= 4 is 11.8 Å². The van der Waals surface area contributed by atoms with Crippen molar-refractivity contribution < 1.29 is 18.7 Å². The molecule has 4 aliphatic rings. The van der Waals surface area contributed by atoms with Gasteiger partial charge in [0.25, 0.3) is 0 Å². The first kappa shape index (κ1) is 13.9. The van der Waals surface area contributed by atoms with Crippen molar-refractivity contribution in [3.63, 3.8) is 0 Å². The van der Waals surface area contributed by atoms with Crippen LogP contribution >= 0.6 is 0 Å². The van der Waals surface area contributed by atoms with Gasteiger partial charge in [-0.15, -0.1) is 0 Å². The molecule has 5 heteroatoms. The summed E-state index contributed by atoms with van der Waals surface area (Å²) in [7, 11) is 0. The van der Waals surface area contributed by atoms with Gasteiger partial charge in [0.1, 0.15) is 17.2 Å². The van der Waals surface area contributed by atoms with Crippen LogP contribution in [0, 0.1) is 23.6 Å². The molecular weight excluding hydrogens is 285 g/mol. The van der Waals surface area contributed by atoms with E-state index in [0.29, 0.717) is 17.8 Å². The molecule has 0 unspecified atom stereocenters. The molecule has 0 atom stereocenters. The monoisotopic (exact) mass is 305 g/mol. The number of halogens is 1. The van der Waals surface area contributed by atoms with Gasteiger partial charge in [-0.25, -0.2) is 9.18 Å². The molecular formula is C17H20FNO3. The predicted octanol–water partition coefficient (Wildman–Crippen LogP) is 3.89. The quantitative estimate of drug-likeness (QED) is 0.511. The molecule has 118 valence electrons. The van der Waals surface area contributed by atoms with Crippen molar-refractivity contribution in [2.45, 2.75) is 44.1 Å². The summed E-state index contributed by atoms with van der Waals surface area (Å²) in [5, 5.41) is 0. The summed E-state index contributed by atoms with van der Waals surface area (Å²) in [5.41, 5.74) is 5.09. The average molecular weight is 305 g/mol. The molecule has 0 radical (unpaired) electrons. The number of hydrogen-bond donors (Lipinski definition) is 1. The second-order valence-corrected chi connectivity index (χ2v) is 7.24. The Hall–Kier alpha value is -1.78. The third-order valence-corrected chi connectivity index (χ3v) is 5.45. The molecule has 0 saturated heterocycles. The van der Waals surface area contributed by atoms with E-state index >= 15 is 0 Å². The van der Waals surface area contributed by atoms with Gasteiger partial charge in [0, 0.05) is 6.07 Å². The fourth-order valence-corrected chi connectivity index (χ4v) is 5.02. The number of anilines is 1. The normalized spacial score (nSPS) is 35.4. The number of rotatable bonds is 2. The highest BCUT2D eigenvalue weighted by Crippen LogP contribution is 2.57. The van der Waals surface area contributed by atoms with Crippen LogP contribution in [0.4, 0.5) is 14.9 Å². The van der Waals surface area contributed by atoms with Gasteiger partial charge in [0.15, 0.2) is 0 Å². The molecule has 2 N–H and O–H groups in total. The molecule has 4 fully saturated rings. The molecule has 0 aliphatic heterocycles. The van der Waals surface area contributed by atoms with Crippen LogP contribution in [-0.2, 0) is 4.74 Å². The van der Waals surface area contributed by atoms with Crippen LogP contribution in [0.1, 0.15) is 38.5 Å². The highest BCUT2D eigenvalue weighted by Gasteiger charge is 2.53. The lowest BCUT2D eigenvalue weighted by Crippen LogP contribution is -2.53. The number of hydrogen-bond acceptors (Lipinski definition) is 4. The Bertz CT molecular complexity index is 581. The van der Waals surface area contributed by atoms with Crippen molar-refractivity contribution in [1.29, 1.82) is 0 Å². The molecule has 0 amide bonds. The molecule has 22 heavy (non-hydrogen) atoms. The molecule has 0 heterocycles. The Morgan fingerprint density at radius 1 is 1.14 bits per heavy atom. The van der Waals surface area contributed by atoms with Crippen LogP contribution in [0.2, 0.25) is 0 Å². The lowest BCUT2D eigenvalue weighted by atomic mass is 9.54. The topological polar surface area (TPSA) is 61.5 Å². The molecule has 1 aromatic carbocycles. The number of nitrogens with two attached hydrogens (primary N) is 1. The van der Waals surface area contributed by atoms with Gasteiger partial charge < -0.3 is 15.2 Å². The molecule has 5 rings (SSSR count). The van der Waals surface area contributed by atoms with E-state index in [1.165, 1.54) is 31.4 Å². The fourth-order valence-electron chi connectivity index (χ4n) is 5.02. The summed E-state index contributed by atoms with van der Waals surface area (Å²) in [6, 6.07) is 3.96. The van der Waals surface area contributed by atoms with E-state index in [-0.39, 0.29) is 17.0 Å². The minimum atomic E-state index is -0.730. The van der Waals surface area contributed by atoms with Crippen molar-refractivity contribution in [2.24, 2.45) is 17.8 Å². The maximum absolute atomic E-state index is 13.4. The molecule has 0 spiro atoms. The standard InChI is InChI=1S/C17H20FNO3/c18-14-6-13(1-2-15(14)19)21-16(20)22-17-7-10-3-11(8-17)5-12(4-10)9-17/h1-2,6,10-12H,3-5,7-9,19H2. The van der Waals surface area contributed by atoms with Gasteiger partial charge in [0.2, 0.25) is 0 Å². The zero-order valence-corrected chi connectivity index (χ0v) is 12.4. The van der Waals surface area contributed by atoms with Crippen molar-refractivity contribution in [1.82, 2.24) is 0 Å². The lowest BCUT2D eigenvalue weighted by molar-refractivity contribution is -0.135. The highest BCUT2D eigenvalue weighted by atomic mass is 19.1. The minimum Gasteiger partial charge on any atom is -0.427 e. The third kappa shape index (κ3) is 2.42. The highest BCUT2D eigenvalue weighted by molar-refractivity contribution is 5.65. The van der Waals surface area contributed by atoms with E-state index in [1.54, 1.807) is 0 Å². The van der Waals surface area contributed by atoms with E-state index in [2.05, 4.69) is 0 Å². The molecule has 0 aromatic heterocycles. The Morgan fingerprint density at radius 3 is 2.27 bits per heavy atom. The van der Waals surface area contributed by atoms with Crippen LogP contribution in [-0.4, -0.2) is 11.8 Å². The maximum atomic E-state index is 13.4. The maximum Gasteiger partial charge on any atom is 0.514 e. The Balaban J connectivity index is 1.44. The van der Waals surface area contributed by atoms with Crippen LogP contribution < -0.4 is 10.5 Å². The van der Waals surface area contributed by atoms with E-state index in [1.807, 2.05) is 0 Å². The second-order valence-electron chi connectivity index (χ2n) is 7.24. The summed E-state index contributed by atoms with van der Waals surface area (Å²) in [4.78, 5) is 12.1. The number of benzene rings is 1. The lowest BCUT2D eigenvalue weighted by Gasteiger charge is -2.55. The first-order valence-corrected chi connectivity index (χ1v) is 7.97. The van der Waals surface area contributed by atoms with Crippen LogP contribution in [0.15, 0.2) is 18.2 Å². The smallest absolute Gasteiger partial charge is 0.427 e. The van der Waals surface area contributed by atoms with Crippen molar-refractivity contribution in [2.75, 3.05) is 5.73 Å². The average Bonchev–Trinajstić information content (AvgIpc) is 2.40. The molecule has 4 bridgehead atoms. The van der Waals surface area contributed by atoms with E-state index < -0.39 is 12.0 Å². The summed E-state index contributed by atoms with van der Waals surface area (Å²) in [5.74, 6) is 1.59. The minimum absolute atomic E-state index is 0.0294. The Labute approximate surface area is 128 Å². The van der Waals surface area contributed by atoms with Gasteiger partial charge in [-0.05, 0) is 68.4 Å². The number of ether oxygens (including phenoxy) is 2. The summed E-state index contributed by atoms with van der Waals surface area (Å²) >= 11 is 0. The summed E-state index contributed by atoms with van der Waals surface area (Å²) < 4.78 is 24.2. The van der Waals surface area contributed by atoms with Gasteiger partial charge in [0.05, 0.1) is 5.69 Å². The number of nitrogen functional groups attached to an aromatic ring is 1. The summed E-state index contributed by atoms with van der Waals surface area (Å²) in [6.45, 7) is 0. The third-order valence-electron chi connectivity index (χ3n) is 5.45. The predicted molar refractivity (Wildman–Crippen MR) is 78.8 cm³/mol. The zero-order valence-electron chi connectivity index (χ0n) is 12.4. The summed E-state index contributed by atoms with van der Waals surface area (Å²) in [6.07, 6.45) is 5.95. The first-order valence-electron chi connectivity index (χ1n) is 7.97. The molecule has 4 aliphatic carbocycles. The Morgan fingerprint density at radius 2 is 1.73 bits per heavy atom. The van der Waals surface area contributed by atoms with Crippen LogP contribution in [0.5, 0.6) is 5.75 Å². The van der Waals surface area contributed by atoms with Gasteiger partial charge in [-0.3, -0.25) is 0 Å². The Kier molecular flexibility index (Phi) is 3.06. The zero-order chi connectivity index (χ0) is 15.3. The SMILES string of the molecule is Nc1ccc(OC(=O)OC23CC4CC(CC(C4)C2)C3)cc1F. The van der Waals surface area contributed by atoms with E-state index in [0.717, 1.165) is 25.3 Å². The van der Waals surface area contributed by atoms with Crippen LogP contribution in [0.25, 0.3) is 0 Å². The first-order chi connectivity index (χ1) is 10.5. The van der Waals surface area contributed by atoms with Crippen molar-refractivity contribution in [3.05, 3.63) is 24.0 Å². The molecule has 4 saturated carbocycles. The number of carbonyl (C=O) groups is 1. The largest absolute Gasteiger partial charge is 0.514 e. The second kappa shape index (κ2) is 4.86. The number of carbonyl (C=O) groups excluding carboxylic acids is 1. The van der Waals surface area contributed by atoms with Crippen molar-refractivity contribution in [3.8, 4) is 5.75 Å². The van der Waals surface area contributed by atoms with Gasteiger partial charge in [-0.2, -0.15) is 0 Å². The molecule has 4 nitrogen and oxygen atoms in total. The van der Waals surface area contributed by atoms with Gasteiger partial charge >= 0.3 is 6.16 Å². The van der Waals surface area contributed by atoms with E-state index in [4.69, 9.17) is 15.2 Å². The fraction of sp³-hybridized carbons (Fsp3) is 0.588.